The Hall–Kier alpha value is -3.09. The van der Waals surface area contributed by atoms with E-state index < -0.39 is 17.5 Å². The average molecular weight is 358 g/mol. The van der Waals surface area contributed by atoms with E-state index in [4.69, 9.17) is 0 Å². The Bertz CT molecular complexity index is 916. The second-order valence-electron chi connectivity index (χ2n) is 5.88. The number of rotatable bonds is 5. The number of nitrogens with one attached hydrogen (secondary N) is 1. The van der Waals surface area contributed by atoms with Crippen molar-refractivity contribution in [2.24, 2.45) is 0 Å². The van der Waals surface area contributed by atoms with Crippen molar-refractivity contribution in [1.29, 1.82) is 0 Å². The summed E-state index contributed by atoms with van der Waals surface area (Å²) in [5.74, 6) is -3.34. The second kappa shape index (κ2) is 7.43. The van der Waals surface area contributed by atoms with Crippen molar-refractivity contribution in [1.82, 2.24) is 9.97 Å². The predicted molar refractivity (Wildman–Crippen MR) is 94.9 cm³/mol. The van der Waals surface area contributed by atoms with Crippen LogP contribution < -0.4 is 10.2 Å². The van der Waals surface area contributed by atoms with E-state index in [0.717, 1.165) is 17.7 Å². The van der Waals surface area contributed by atoms with Crippen LogP contribution in [0.1, 0.15) is 11.3 Å². The number of anilines is 3. The molecule has 3 aromatic rings. The molecular formula is C19H17F3N4. The quantitative estimate of drug-likeness (QED) is 0.678. The molecule has 0 saturated heterocycles. The van der Waals surface area contributed by atoms with Gasteiger partial charge in [-0.2, -0.15) is 4.98 Å². The van der Waals surface area contributed by atoms with Crippen molar-refractivity contribution in [3.63, 3.8) is 0 Å². The van der Waals surface area contributed by atoms with Gasteiger partial charge in [0.2, 0.25) is 5.95 Å². The van der Waals surface area contributed by atoms with Gasteiger partial charge in [0.05, 0.1) is 5.69 Å². The summed E-state index contributed by atoms with van der Waals surface area (Å²) < 4.78 is 40.3. The molecule has 2 aromatic carbocycles. The molecule has 0 bridgehead atoms. The van der Waals surface area contributed by atoms with E-state index in [1.54, 1.807) is 13.0 Å². The van der Waals surface area contributed by atoms with Crippen molar-refractivity contribution in [2.45, 2.75) is 13.5 Å². The van der Waals surface area contributed by atoms with Gasteiger partial charge in [0.25, 0.3) is 0 Å². The molecule has 0 aliphatic heterocycles. The highest BCUT2D eigenvalue weighted by Crippen LogP contribution is 2.24. The smallest absolute Gasteiger partial charge is 0.227 e. The van der Waals surface area contributed by atoms with Gasteiger partial charge in [0.1, 0.15) is 5.82 Å². The molecule has 0 spiro atoms. The predicted octanol–water partition coefficient (Wildman–Crippen LogP) is 4.58. The number of halogens is 3. The summed E-state index contributed by atoms with van der Waals surface area (Å²) >= 11 is 0. The molecule has 134 valence electrons. The largest absolute Gasteiger partial charge is 0.339 e. The molecule has 0 saturated carbocycles. The third kappa shape index (κ3) is 3.93. The number of hydrogen-bond acceptors (Lipinski definition) is 4. The maximum absolute atomic E-state index is 13.9. The Labute approximate surface area is 149 Å². The minimum atomic E-state index is -1.53. The van der Waals surface area contributed by atoms with Gasteiger partial charge in [-0.1, -0.05) is 30.3 Å². The van der Waals surface area contributed by atoms with E-state index >= 15 is 0 Å². The van der Waals surface area contributed by atoms with E-state index in [9.17, 15) is 13.2 Å². The molecule has 3 rings (SSSR count). The number of aromatic nitrogens is 2. The lowest BCUT2D eigenvalue weighted by Crippen LogP contribution is -2.20. The van der Waals surface area contributed by atoms with Gasteiger partial charge in [-0.05, 0) is 24.6 Å². The monoisotopic (exact) mass is 358 g/mol. The maximum atomic E-state index is 13.9. The minimum absolute atomic E-state index is 0.196. The van der Waals surface area contributed by atoms with Crippen LogP contribution in [0, 0.1) is 24.4 Å². The summed E-state index contributed by atoms with van der Waals surface area (Å²) in [5, 5.41) is 2.68. The Morgan fingerprint density at radius 1 is 0.962 bits per heavy atom. The van der Waals surface area contributed by atoms with Crippen LogP contribution in [0.3, 0.4) is 0 Å². The Balaban J connectivity index is 1.85. The van der Waals surface area contributed by atoms with Gasteiger partial charge in [-0.3, -0.25) is 0 Å². The van der Waals surface area contributed by atoms with Crippen LogP contribution in [0.2, 0.25) is 0 Å². The SMILES string of the molecule is Cc1cc(Nc2ccc(F)c(F)c2F)nc(N(C)Cc2ccccc2)n1. The van der Waals surface area contributed by atoms with Crippen LogP contribution in [-0.4, -0.2) is 17.0 Å². The van der Waals surface area contributed by atoms with Gasteiger partial charge >= 0.3 is 0 Å². The third-order valence-corrected chi connectivity index (χ3v) is 3.74. The first-order chi connectivity index (χ1) is 12.4. The van der Waals surface area contributed by atoms with Crippen molar-refractivity contribution >= 4 is 17.5 Å². The zero-order valence-electron chi connectivity index (χ0n) is 14.3. The first-order valence-corrected chi connectivity index (χ1v) is 7.95. The molecule has 7 heteroatoms. The lowest BCUT2D eigenvalue weighted by atomic mass is 10.2. The molecule has 0 radical (unpaired) electrons. The minimum Gasteiger partial charge on any atom is -0.339 e. The van der Waals surface area contributed by atoms with Crippen LogP contribution in [0.15, 0.2) is 48.5 Å². The molecule has 4 nitrogen and oxygen atoms in total. The molecular weight excluding hydrogens is 341 g/mol. The van der Waals surface area contributed by atoms with Gasteiger partial charge in [0.15, 0.2) is 17.5 Å². The van der Waals surface area contributed by atoms with Crippen molar-refractivity contribution in [2.75, 3.05) is 17.3 Å². The van der Waals surface area contributed by atoms with Crippen LogP contribution >= 0.6 is 0 Å². The number of benzene rings is 2. The molecule has 1 heterocycles. The first-order valence-electron chi connectivity index (χ1n) is 7.95. The molecule has 0 unspecified atom stereocenters. The Kier molecular flexibility index (Phi) is 5.06. The van der Waals surface area contributed by atoms with E-state index in [1.807, 2.05) is 42.3 Å². The zero-order chi connectivity index (χ0) is 18.7. The Morgan fingerprint density at radius 3 is 2.42 bits per heavy atom. The van der Waals surface area contributed by atoms with E-state index in [-0.39, 0.29) is 11.5 Å². The number of aryl methyl sites for hydroxylation is 1. The van der Waals surface area contributed by atoms with E-state index in [1.165, 1.54) is 0 Å². The van der Waals surface area contributed by atoms with Gasteiger partial charge in [-0.25, -0.2) is 18.2 Å². The highest BCUT2D eigenvalue weighted by molar-refractivity contribution is 5.58. The molecule has 0 fully saturated rings. The highest BCUT2D eigenvalue weighted by atomic mass is 19.2. The summed E-state index contributed by atoms with van der Waals surface area (Å²) in [6, 6.07) is 13.4. The Morgan fingerprint density at radius 2 is 1.69 bits per heavy atom. The van der Waals surface area contributed by atoms with Gasteiger partial charge in [-0.15, -0.1) is 0 Å². The lowest BCUT2D eigenvalue weighted by Gasteiger charge is -2.19. The van der Waals surface area contributed by atoms with Crippen LogP contribution in [0.4, 0.5) is 30.6 Å². The number of nitrogens with zero attached hydrogens (tertiary/aromatic N) is 3. The van der Waals surface area contributed by atoms with E-state index in [2.05, 4.69) is 15.3 Å². The lowest BCUT2D eigenvalue weighted by molar-refractivity contribution is 0.449. The normalized spacial score (nSPS) is 10.7. The second-order valence-corrected chi connectivity index (χ2v) is 5.88. The van der Waals surface area contributed by atoms with Gasteiger partial charge in [0, 0.05) is 25.4 Å². The highest BCUT2D eigenvalue weighted by Gasteiger charge is 2.15. The topological polar surface area (TPSA) is 41.1 Å². The molecule has 0 amide bonds. The molecule has 1 N–H and O–H groups in total. The average Bonchev–Trinajstić information content (AvgIpc) is 2.62. The molecule has 1 aromatic heterocycles. The fourth-order valence-electron chi connectivity index (χ4n) is 2.48. The fraction of sp³-hybridized carbons (Fsp3) is 0.158. The van der Waals surface area contributed by atoms with Crippen LogP contribution in [0.25, 0.3) is 0 Å². The summed E-state index contributed by atoms with van der Waals surface area (Å²) in [6.45, 7) is 2.36. The van der Waals surface area contributed by atoms with Crippen LogP contribution in [-0.2, 0) is 6.54 Å². The molecule has 0 aliphatic rings. The van der Waals surface area contributed by atoms with Crippen molar-refractivity contribution < 1.29 is 13.2 Å². The summed E-state index contributed by atoms with van der Waals surface area (Å²) in [5.41, 5.74) is 1.54. The maximum Gasteiger partial charge on any atom is 0.227 e. The first kappa shape index (κ1) is 17.7. The molecule has 26 heavy (non-hydrogen) atoms. The van der Waals surface area contributed by atoms with Crippen LogP contribution in [0.5, 0.6) is 0 Å². The van der Waals surface area contributed by atoms with Crippen molar-refractivity contribution in [3.05, 3.63) is 77.2 Å². The molecule has 0 atom stereocenters. The summed E-state index contributed by atoms with van der Waals surface area (Å²) in [7, 11) is 1.84. The standard InChI is InChI=1S/C19H17F3N4/c1-12-10-16(24-15-9-8-14(20)17(21)18(15)22)25-19(23-12)26(2)11-13-6-4-3-5-7-13/h3-10H,11H2,1-2H3,(H,23,24,25). The van der Waals surface area contributed by atoms with E-state index in [0.29, 0.717) is 18.2 Å². The zero-order valence-corrected chi connectivity index (χ0v) is 14.3. The summed E-state index contributed by atoms with van der Waals surface area (Å²) in [6.07, 6.45) is 0. The third-order valence-electron chi connectivity index (χ3n) is 3.74. The fourth-order valence-corrected chi connectivity index (χ4v) is 2.48. The molecule has 0 aliphatic carbocycles. The summed E-state index contributed by atoms with van der Waals surface area (Å²) in [4.78, 5) is 10.6. The van der Waals surface area contributed by atoms with Gasteiger partial charge < -0.3 is 10.2 Å². The van der Waals surface area contributed by atoms with Crippen molar-refractivity contribution in [3.8, 4) is 0 Å². The number of hydrogen-bond donors (Lipinski definition) is 1.